The first-order valence-corrected chi connectivity index (χ1v) is 12.1. The minimum atomic E-state index is -3.88. The molecule has 0 aliphatic rings. The van der Waals surface area contributed by atoms with Gasteiger partial charge in [-0.1, -0.05) is 52.4 Å². The molecular formula is C20H42O6S. The maximum absolute atomic E-state index is 11.6. The van der Waals surface area contributed by atoms with Crippen LogP contribution in [0.5, 0.6) is 0 Å². The molecule has 0 bridgehead atoms. The first-order valence-electron chi connectivity index (χ1n) is 10.8. The van der Waals surface area contributed by atoms with Crippen molar-refractivity contribution in [2.24, 2.45) is 0 Å². The summed E-state index contributed by atoms with van der Waals surface area (Å²) in [6.07, 6.45) is 12.4. The summed E-state index contributed by atoms with van der Waals surface area (Å²) >= 11 is 0. The molecule has 0 N–H and O–H groups in total. The van der Waals surface area contributed by atoms with Gasteiger partial charge in [-0.05, 0) is 38.5 Å². The van der Waals surface area contributed by atoms with E-state index in [0.29, 0.717) is 26.1 Å². The lowest BCUT2D eigenvalue weighted by atomic mass is 10.2. The number of unbranched alkanes of at least 4 members (excludes halogenated alkanes) is 8. The molecule has 0 aromatic rings. The molecule has 27 heavy (non-hydrogen) atoms. The summed E-state index contributed by atoms with van der Waals surface area (Å²) in [6, 6.07) is 0. The van der Waals surface area contributed by atoms with Crippen molar-refractivity contribution in [2.75, 3.05) is 39.6 Å². The summed E-state index contributed by atoms with van der Waals surface area (Å²) in [6.45, 7) is 7.51. The number of hydrogen-bond acceptors (Lipinski definition) is 6. The van der Waals surface area contributed by atoms with Crippen LogP contribution in [0.3, 0.4) is 0 Å². The summed E-state index contributed by atoms with van der Waals surface area (Å²) < 4.78 is 43.9. The van der Waals surface area contributed by atoms with E-state index >= 15 is 0 Å². The van der Waals surface area contributed by atoms with Gasteiger partial charge in [0.25, 0.3) is 0 Å². The molecular weight excluding hydrogens is 368 g/mol. The second-order valence-electron chi connectivity index (χ2n) is 6.81. The van der Waals surface area contributed by atoms with Gasteiger partial charge in [0.2, 0.25) is 0 Å². The van der Waals surface area contributed by atoms with Crippen LogP contribution in [0, 0.1) is 0 Å². The van der Waals surface area contributed by atoms with Crippen LogP contribution < -0.4 is 0 Å². The van der Waals surface area contributed by atoms with Gasteiger partial charge in [-0.3, -0.25) is 0 Å². The van der Waals surface area contributed by atoms with E-state index in [1.165, 1.54) is 38.5 Å². The monoisotopic (exact) mass is 410 g/mol. The second-order valence-corrected chi connectivity index (χ2v) is 8.10. The van der Waals surface area contributed by atoms with Crippen LogP contribution in [-0.2, 0) is 28.2 Å². The molecule has 0 unspecified atom stereocenters. The molecule has 0 heterocycles. The van der Waals surface area contributed by atoms with Gasteiger partial charge in [0.15, 0.2) is 0 Å². The second kappa shape index (κ2) is 20.5. The standard InChI is InChI=1S/C20H42O6S/c1-3-5-7-9-15-23-17-11-13-19-25-27(21,22)26-20-14-12-18-24-16-10-8-6-4-2/h3-20H2,1-2H3. The number of rotatable bonds is 22. The zero-order valence-corrected chi connectivity index (χ0v) is 18.4. The molecule has 0 rings (SSSR count). The Balaban J connectivity index is 3.34. The Hall–Kier alpha value is -0.210. The summed E-state index contributed by atoms with van der Waals surface area (Å²) in [5.74, 6) is 0. The third-order valence-electron chi connectivity index (χ3n) is 4.11. The Bertz CT molecular complexity index is 356. The van der Waals surface area contributed by atoms with Gasteiger partial charge in [-0.2, -0.15) is 8.42 Å². The highest BCUT2D eigenvalue weighted by Crippen LogP contribution is 2.04. The fraction of sp³-hybridized carbons (Fsp3) is 1.00. The molecule has 0 atom stereocenters. The highest BCUT2D eigenvalue weighted by Gasteiger charge is 2.11. The van der Waals surface area contributed by atoms with Crippen LogP contribution in [0.25, 0.3) is 0 Å². The van der Waals surface area contributed by atoms with Gasteiger partial charge in [0, 0.05) is 26.4 Å². The molecule has 0 radical (unpaired) electrons. The molecule has 0 saturated carbocycles. The Morgan fingerprint density at radius 3 is 1.19 bits per heavy atom. The van der Waals surface area contributed by atoms with Gasteiger partial charge in [0.05, 0.1) is 13.2 Å². The van der Waals surface area contributed by atoms with Crippen molar-refractivity contribution in [3.05, 3.63) is 0 Å². The molecule has 164 valence electrons. The first-order chi connectivity index (χ1) is 13.1. The average molecular weight is 411 g/mol. The minimum absolute atomic E-state index is 0.141. The van der Waals surface area contributed by atoms with Crippen molar-refractivity contribution in [1.82, 2.24) is 0 Å². The first kappa shape index (κ1) is 26.8. The van der Waals surface area contributed by atoms with E-state index in [9.17, 15) is 8.42 Å². The molecule has 6 nitrogen and oxygen atoms in total. The van der Waals surface area contributed by atoms with Crippen molar-refractivity contribution in [2.45, 2.75) is 90.9 Å². The van der Waals surface area contributed by atoms with E-state index in [1.54, 1.807) is 0 Å². The van der Waals surface area contributed by atoms with Crippen LogP contribution in [-0.4, -0.2) is 48.1 Å². The minimum Gasteiger partial charge on any atom is -0.381 e. The Morgan fingerprint density at radius 1 is 0.481 bits per heavy atom. The lowest BCUT2D eigenvalue weighted by molar-refractivity contribution is 0.118. The van der Waals surface area contributed by atoms with Gasteiger partial charge < -0.3 is 9.47 Å². The molecule has 0 aliphatic heterocycles. The largest absolute Gasteiger partial charge is 0.399 e. The highest BCUT2D eigenvalue weighted by atomic mass is 32.3. The van der Waals surface area contributed by atoms with Crippen molar-refractivity contribution in [3.63, 3.8) is 0 Å². The molecule has 0 saturated heterocycles. The molecule has 0 aliphatic carbocycles. The summed E-state index contributed by atoms with van der Waals surface area (Å²) in [5, 5.41) is 0. The lowest BCUT2D eigenvalue weighted by Crippen LogP contribution is -2.12. The van der Waals surface area contributed by atoms with E-state index in [-0.39, 0.29) is 13.2 Å². The van der Waals surface area contributed by atoms with Crippen molar-refractivity contribution >= 4 is 10.4 Å². The smallest absolute Gasteiger partial charge is 0.381 e. The molecule has 0 aromatic heterocycles. The van der Waals surface area contributed by atoms with Crippen molar-refractivity contribution in [3.8, 4) is 0 Å². The zero-order chi connectivity index (χ0) is 20.1. The Labute approximate surface area is 167 Å². The third-order valence-corrected chi connectivity index (χ3v) is 5.02. The Kier molecular flexibility index (Phi) is 20.4. The quantitative estimate of drug-likeness (QED) is 0.233. The van der Waals surface area contributed by atoms with Gasteiger partial charge in [-0.15, -0.1) is 0 Å². The fourth-order valence-electron chi connectivity index (χ4n) is 2.43. The van der Waals surface area contributed by atoms with Crippen LogP contribution in [0.15, 0.2) is 0 Å². The number of hydrogen-bond donors (Lipinski definition) is 0. The highest BCUT2D eigenvalue weighted by molar-refractivity contribution is 7.81. The fourth-order valence-corrected chi connectivity index (χ4v) is 3.15. The molecule has 0 aromatic carbocycles. The number of ether oxygens (including phenoxy) is 2. The predicted octanol–water partition coefficient (Wildman–Crippen LogP) is 5.02. The van der Waals surface area contributed by atoms with Crippen LogP contribution in [0.1, 0.15) is 90.9 Å². The van der Waals surface area contributed by atoms with Crippen LogP contribution >= 0.6 is 0 Å². The SMILES string of the molecule is CCCCCCOCCCCOS(=O)(=O)OCCCCOCCCCCC. The Morgan fingerprint density at radius 2 is 0.815 bits per heavy atom. The maximum Gasteiger partial charge on any atom is 0.399 e. The van der Waals surface area contributed by atoms with Gasteiger partial charge >= 0.3 is 10.4 Å². The van der Waals surface area contributed by atoms with E-state index in [2.05, 4.69) is 13.8 Å². The van der Waals surface area contributed by atoms with Gasteiger partial charge in [0.1, 0.15) is 0 Å². The van der Waals surface area contributed by atoms with E-state index in [1.807, 2.05) is 0 Å². The zero-order valence-electron chi connectivity index (χ0n) is 17.6. The average Bonchev–Trinajstić information content (AvgIpc) is 2.64. The molecule has 7 heteroatoms. The third kappa shape index (κ3) is 21.9. The van der Waals surface area contributed by atoms with Crippen LogP contribution in [0.2, 0.25) is 0 Å². The van der Waals surface area contributed by atoms with E-state index in [0.717, 1.165) is 38.9 Å². The molecule has 0 amide bonds. The van der Waals surface area contributed by atoms with E-state index < -0.39 is 10.4 Å². The van der Waals surface area contributed by atoms with Crippen molar-refractivity contribution in [1.29, 1.82) is 0 Å². The van der Waals surface area contributed by atoms with Crippen molar-refractivity contribution < 1.29 is 26.3 Å². The summed E-state index contributed by atoms with van der Waals surface area (Å²) in [7, 11) is -3.88. The van der Waals surface area contributed by atoms with Crippen LogP contribution in [0.4, 0.5) is 0 Å². The normalized spacial score (nSPS) is 11.9. The van der Waals surface area contributed by atoms with E-state index in [4.69, 9.17) is 17.8 Å². The maximum atomic E-state index is 11.6. The summed E-state index contributed by atoms with van der Waals surface area (Å²) in [4.78, 5) is 0. The molecule has 0 spiro atoms. The lowest BCUT2D eigenvalue weighted by Gasteiger charge is -2.07. The predicted molar refractivity (Wildman–Crippen MR) is 109 cm³/mol. The molecule has 0 fully saturated rings. The topological polar surface area (TPSA) is 71.1 Å². The summed E-state index contributed by atoms with van der Waals surface area (Å²) in [5.41, 5.74) is 0. The van der Waals surface area contributed by atoms with Gasteiger partial charge in [-0.25, -0.2) is 8.37 Å².